The normalized spacial score (nSPS) is 13.1. The van der Waals surface area contributed by atoms with Gasteiger partial charge in [0.15, 0.2) is 0 Å². The fourth-order valence-electron chi connectivity index (χ4n) is 0.823. The molecular weight excluding hydrogens is 156 g/mol. The summed E-state index contributed by atoms with van der Waals surface area (Å²) in [6.07, 6.45) is 0. The van der Waals surface area contributed by atoms with E-state index in [1.165, 1.54) is 0 Å². The molecule has 4 nitrogen and oxygen atoms in total. The lowest BCUT2D eigenvalue weighted by molar-refractivity contribution is -0.119. The molecule has 72 valence electrons. The summed E-state index contributed by atoms with van der Waals surface area (Å²) >= 11 is 0. The minimum absolute atomic E-state index is 0.00213. The highest BCUT2D eigenvalue weighted by Crippen LogP contribution is 1.98. The maximum absolute atomic E-state index is 10.8. The van der Waals surface area contributed by atoms with E-state index in [2.05, 4.69) is 10.6 Å². The fraction of sp³-hybridized carbons (Fsp3) is 0.875. The Bertz CT molecular complexity index is 137. The van der Waals surface area contributed by atoms with Crippen molar-refractivity contribution in [2.24, 2.45) is 5.92 Å². The van der Waals surface area contributed by atoms with Crippen LogP contribution in [0.4, 0.5) is 0 Å². The first-order valence-electron chi connectivity index (χ1n) is 4.16. The Hall–Kier alpha value is -0.610. The minimum atomic E-state index is -0.0610. The van der Waals surface area contributed by atoms with Crippen molar-refractivity contribution in [1.82, 2.24) is 10.6 Å². The summed E-state index contributed by atoms with van der Waals surface area (Å²) in [6, 6.07) is 0.00213. The molecule has 1 atom stereocenters. The number of likely N-dealkylation sites (N-methyl/N-ethyl adjacent to an activating group) is 1. The average molecular weight is 174 g/mol. The second-order valence-corrected chi connectivity index (χ2v) is 3.09. The first-order valence-corrected chi connectivity index (χ1v) is 4.16. The van der Waals surface area contributed by atoms with Gasteiger partial charge in [-0.1, -0.05) is 13.8 Å². The first-order chi connectivity index (χ1) is 5.61. The SMILES string of the molecule is CNC(=O)CNC(CO)C(C)C. The lowest BCUT2D eigenvalue weighted by Gasteiger charge is -2.19. The van der Waals surface area contributed by atoms with Crippen LogP contribution in [-0.4, -0.2) is 37.3 Å². The molecule has 0 radical (unpaired) electrons. The molecule has 0 aromatic rings. The molecule has 0 spiro atoms. The van der Waals surface area contributed by atoms with Gasteiger partial charge in [0.1, 0.15) is 0 Å². The highest BCUT2D eigenvalue weighted by atomic mass is 16.3. The largest absolute Gasteiger partial charge is 0.395 e. The van der Waals surface area contributed by atoms with Gasteiger partial charge in [0.25, 0.3) is 0 Å². The van der Waals surface area contributed by atoms with E-state index in [4.69, 9.17) is 5.11 Å². The number of hydrogen-bond donors (Lipinski definition) is 3. The van der Waals surface area contributed by atoms with E-state index in [1.54, 1.807) is 7.05 Å². The van der Waals surface area contributed by atoms with Crippen molar-refractivity contribution >= 4 is 5.91 Å². The van der Waals surface area contributed by atoms with E-state index in [0.717, 1.165) is 0 Å². The van der Waals surface area contributed by atoms with Gasteiger partial charge in [-0.15, -0.1) is 0 Å². The van der Waals surface area contributed by atoms with E-state index in [9.17, 15) is 4.79 Å². The van der Waals surface area contributed by atoms with Gasteiger partial charge in [-0.3, -0.25) is 4.79 Å². The molecule has 0 saturated carbocycles. The third kappa shape index (κ3) is 4.31. The number of hydrogen-bond acceptors (Lipinski definition) is 3. The highest BCUT2D eigenvalue weighted by molar-refractivity contribution is 5.77. The van der Waals surface area contributed by atoms with Crippen LogP contribution < -0.4 is 10.6 Å². The van der Waals surface area contributed by atoms with Crippen LogP contribution in [0.3, 0.4) is 0 Å². The minimum Gasteiger partial charge on any atom is -0.395 e. The molecule has 0 rings (SSSR count). The Labute approximate surface area is 73.3 Å². The molecule has 0 saturated heterocycles. The van der Waals surface area contributed by atoms with Crippen molar-refractivity contribution in [3.05, 3.63) is 0 Å². The molecule has 0 heterocycles. The quantitative estimate of drug-likeness (QED) is 0.518. The van der Waals surface area contributed by atoms with Crippen LogP contribution in [0.15, 0.2) is 0 Å². The molecule has 0 bridgehead atoms. The number of amides is 1. The maximum atomic E-state index is 10.8. The molecule has 1 amide bonds. The maximum Gasteiger partial charge on any atom is 0.233 e. The van der Waals surface area contributed by atoms with Crippen LogP contribution in [0.5, 0.6) is 0 Å². The third-order valence-electron chi connectivity index (χ3n) is 1.81. The summed E-state index contributed by atoms with van der Waals surface area (Å²) in [5.41, 5.74) is 0. The Morgan fingerprint density at radius 3 is 2.42 bits per heavy atom. The predicted molar refractivity (Wildman–Crippen MR) is 47.8 cm³/mol. The monoisotopic (exact) mass is 174 g/mol. The number of nitrogens with one attached hydrogen (secondary N) is 2. The number of aliphatic hydroxyl groups excluding tert-OH is 1. The number of aliphatic hydroxyl groups is 1. The van der Waals surface area contributed by atoms with Crippen LogP contribution in [0, 0.1) is 5.92 Å². The van der Waals surface area contributed by atoms with Crippen LogP contribution in [0.25, 0.3) is 0 Å². The van der Waals surface area contributed by atoms with E-state index < -0.39 is 0 Å². The fourth-order valence-corrected chi connectivity index (χ4v) is 0.823. The third-order valence-corrected chi connectivity index (χ3v) is 1.81. The molecule has 3 N–H and O–H groups in total. The zero-order valence-electron chi connectivity index (χ0n) is 7.92. The molecule has 0 aliphatic carbocycles. The molecule has 12 heavy (non-hydrogen) atoms. The summed E-state index contributed by atoms with van der Waals surface area (Å²) in [4.78, 5) is 10.8. The van der Waals surface area contributed by atoms with Crippen molar-refractivity contribution in [3.8, 4) is 0 Å². The van der Waals surface area contributed by atoms with Gasteiger partial charge in [-0.25, -0.2) is 0 Å². The summed E-state index contributed by atoms with van der Waals surface area (Å²) < 4.78 is 0. The second kappa shape index (κ2) is 5.97. The smallest absolute Gasteiger partial charge is 0.233 e. The molecule has 0 aromatic heterocycles. The molecule has 0 aliphatic rings. The summed E-state index contributed by atoms with van der Waals surface area (Å²) in [5.74, 6) is 0.272. The Morgan fingerprint density at radius 1 is 1.50 bits per heavy atom. The van der Waals surface area contributed by atoms with Gasteiger partial charge < -0.3 is 15.7 Å². The predicted octanol–water partition coefficient (Wildman–Crippen LogP) is -0.661. The number of carbonyl (C=O) groups excluding carboxylic acids is 1. The van der Waals surface area contributed by atoms with Crippen LogP contribution in [0.1, 0.15) is 13.8 Å². The van der Waals surface area contributed by atoms with Gasteiger partial charge >= 0.3 is 0 Å². The lowest BCUT2D eigenvalue weighted by atomic mass is 10.1. The van der Waals surface area contributed by atoms with E-state index in [0.29, 0.717) is 5.92 Å². The summed E-state index contributed by atoms with van der Waals surface area (Å²) in [7, 11) is 1.59. The Kier molecular flexibility index (Phi) is 5.66. The van der Waals surface area contributed by atoms with Crippen molar-refractivity contribution in [2.75, 3.05) is 20.2 Å². The van der Waals surface area contributed by atoms with Gasteiger partial charge in [-0.05, 0) is 5.92 Å². The molecule has 1 unspecified atom stereocenters. The standard InChI is InChI=1S/C8H18N2O2/c1-6(2)7(5-11)10-4-8(12)9-3/h6-7,10-11H,4-5H2,1-3H3,(H,9,12). The molecular formula is C8H18N2O2. The summed E-state index contributed by atoms with van der Waals surface area (Å²) in [5, 5.41) is 14.3. The lowest BCUT2D eigenvalue weighted by Crippen LogP contribution is -2.42. The summed E-state index contributed by atoms with van der Waals surface area (Å²) in [6.45, 7) is 4.32. The molecule has 0 aromatic carbocycles. The molecule has 0 fully saturated rings. The topological polar surface area (TPSA) is 61.4 Å². The van der Waals surface area contributed by atoms with E-state index >= 15 is 0 Å². The molecule has 4 heteroatoms. The van der Waals surface area contributed by atoms with Crippen LogP contribution in [0.2, 0.25) is 0 Å². The van der Waals surface area contributed by atoms with Crippen molar-refractivity contribution in [3.63, 3.8) is 0 Å². The van der Waals surface area contributed by atoms with Crippen molar-refractivity contribution < 1.29 is 9.90 Å². The number of carbonyl (C=O) groups is 1. The highest BCUT2D eigenvalue weighted by Gasteiger charge is 2.11. The van der Waals surface area contributed by atoms with Gasteiger partial charge in [-0.2, -0.15) is 0 Å². The average Bonchev–Trinajstić information content (AvgIpc) is 2.04. The van der Waals surface area contributed by atoms with Crippen molar-refractivity contribution in [1.29, 1.82) is 0 Å². The zero-order valence-corrected chi connectivity index (χ0v) is 7.92. The van der Waals surface area contributed by atoms with Crippen LogP contribution >= 0.6 is 0 Å². The van der Waals surface area contributed by atoms with Gasteiger partial charge in [0, 0.05) is 13.1 Å². The second-order valence-electron chi connectivity index (χ2n) is 3.09. The Balaban J connectivity index is 3.65. The number of rotatable bonds is 5. The first kappa shape index (κ1) is 11.4. The zero-order chi connectivity index (χ0) is 9.56. The molecule has 0 aliphatic heterocycles. The van der Waals surface area contributed by atoms with Gasteiger partial charge in [0.05, 0.1) is 13.2 Å². The van der Waals surface area contributed by atoms with Crippen molar-refractivity contribution in [2.45, 2.75) is 19.9 Å². The van der Waals surface area contributed by atoms with E-state index in [-0.39, 0.29) is 25.1 Å². The van der Waals surface area contributed by atoms with Crippen LogP contribution in [-0.2, 0) is 4.79 Å². The Morgan fingerprint density at radius 2 is 2.08 bits per heavy atom. The van der Waals surface area contributed by atoms with E-state index in [1.807, 2.05) is 13.8 Å². The van der Waals surface area contributed by atoms with Gasteiger partial charge in [0.2, 0.25) is 5.91 Å².